The van der Waals surface area contributed by atoms with Gasteiger partial charge in [0.15, 0.2) is 0 Å². The molecule has 0 saturated carbocycles. The lowest BCUT2D eigenvalue weighted by molar-refractivity contribution is -0.117. The predicted molar refractivity (Wildman–Crippen MR) is 133 cm³/mol. The number of carbonyl (C=O) groups excluding carboxylic acids is 3. The molecule has 7 nitrogen and oxygen atoms in total. The van der Waals surface area contributed by atoms with Gasteiger partial charge in [0.25, 0.3) is 5.91 Å². The number of aryl methyl sites for hydroxylation is 1. The summed E-state index contributed by atoms with van der Waals surface area (Å²) >= 11 is 0. The molecule has 4 rings (SSSR count). The van der Waals surface area contributed by atoms with Crippen molar-refractivity contribution in [3.05, 3.63) is 76.9 Å². The molecule has 2 heterocycles. The number of hydrogen-bond donors (Lipinski definition) is 3. The second-order valence-electron chi connectivity index (χ2n) is 8.78. The van der Waals surface area contributed by atoms with E-state index in [1.54, 1.807) is 31.2 Å². The number of nitrogens with zero attached hydrogens (tertiary/aromatic N) is 1. The van der Waals surface area contributed by atoms with E-state index < -0.39 is 17.6 Å². The van der Waals surface area contributed by atoms with Gasteiger partial charge in [-0.3, -0.25) is 14.4 Å². The van der Waals surface area contributed by atoms with Crippen molar-refractivity contribution in [2.75, 3.05) is 24.5 Å². The van der Waals surface area contributed by atoms with Crippen LogP contribution in [0.1, 0.15) is 57.7 Å². The Morgan fingerprint density at radius 1 is 1.03 bits per heavy atom. The highest BCUT2D eigenvalue weighted by Gasteiger charge is 2.27. The molecule has 3 aromatic rings. The molecular weight excluding hydrogens is 447 g/mol. The molecule has 2 aromatic carbocycles. The number of primary amides is 1. The highest BCUT2D eigenvalue weighted by molar-refractivity contribution is 6.15. The number of benzene rings is 2. The van der Waals surface area contributed by atoms with E-state index in [4.69, 9.17) is 5.73 Å². The number of rotatable bonds is 8. The van der Waals surface area contributed by atoms with Gasteiger partial charge < -0.3 is 20.9 Å². The van der Waals surface area contributed by atoms with E-state index in [0.29, 0.717) is 11.1 Å². The third kappa shape index (κ3) is 5.26. The number of carbonyl (C=O) groups is 3. The summed E-state index contributed by atoms with van der Waals surface area (Å²) in [6.45, 7) is 3.75. The van der Waals surface area contributed by atoms with E-state index in [0.717, 1.165) is 31.6 Å². The largest absolute Gasteiger partial charge is 0.372 e. The first kappa shape index (κ1) is 24.2. The summed E-state index contributed by atoms with van der Waals surface area (Å²) in [5.41, 5.74) is 7.86. The van der Waals surface area contributed by atoms with Gasteiger partial charge in [0, 0.05) is 54.6 Å². The van der Waals surface area contributed by atoms with Crippen LogP contribution in [0.2, 0.25) is 0 Å². The molecule has 0 unspecified atom stereocenters. The van der Waals surface area contributed by atoms with Crippen LogP contribution in [0.3, 0.4) is 0 Å². The molecule has 0 atom stereocenters. The van der Waals surface area contributed by atoms with E-state index in [9.17, 15) is 18.8 Å². The molecule has 1 aliphatic heterocycles. The molecule has 1 fully saturated rings. The maximum Gasteiger partial charge on any atom is 0.253 e. The Labute approximate surface area is 203 Å². The number of hydrogen-bond acceptors (Lipinski definition) is 4. The van der Waals surface area contributed by atoms with Crippen molar-refractivity contribution >= 4 is 23.3 Å². The Balaban J connectivity index is 1.70. The lowest BCUT2D eigenvalue weighted by atomic mass is 9.93. The van der Waals surface area contributed by atoms with Crippen LogP contribution in [0.15, 0.2) is 48.7 Å². The minimum absolute atomic E-state index is 0.0284. The monoisotopic (exact) mass is 476 g/mol. The van der Waals surface area contributed by atoms with Gasteiger partial charge in [-0.15, -0.1) is 0 Å². The summed E-state index contributed by atoms with van der Waals surface area (Å²) in [6, 6.07) is 12.0. The van der Waals surface area contributed by atoms with Gasteiger partial charge in [0.2, 0.25) is 11.7 Å². The molecule has 1 aliphatic rings. The number of aromatic amines is 1. The van der Waals surface area contributed by atoms with Crippen LogP contribution in [0.5, 0.6) is 0 Å². The van der Waals surface area contributed by atoms with Crippen LogP contribution in [-0.4, -0.2) is 42.2 Å². The molecule has 0 bridgehead atoms. The van der Waals surface area contributed by atoms with Crippen molar-refractivity contribution in [1.29, 1.82) is 0 Å². The zero-order valence-corrected chi connectivity index (χ0v) is 19.7. The number of nitrogens with one attached hydrogen (secondary N) is 2. The van der Waals surface area contributed by atoms with Gasteiger partial charge >= 0.3 is 0 Å². The summed E-state index contributed by atoms with van der Waals surface area (Å²) in [5, 5.41) is 2.62. The van der Waals surface area contributed by atoms with E-state index >= 15 is 0 Å². The Hall–Kier alpha value is -3.94. The van der Waals surface area contributed by atoms with Crippen molar-refractivity contribution in [2.45, 2.75) is 32.6 Å². The van der Waals surface area contributed by atoms with Crippen molar-refractivity contribution in [3.63, 3.8) is 0 Å². The number of piperidine rings is 1. The van der Waals surface area contributed by atoms with Gasteiger partial charge in [0.05, 0.1) is 11.3 Å². The van der Waals surface area contributed by atoms with Gasteiger partial charge in [-0.25, -0.2) is 4.39 Å². The Morgan fingerprint density at radius 2 is 1.74 bits per heavy atom. The van der Waals surface area contributed by atoms with Crippen molar-refractivity contribution in [1.82, 2.24) is 10.3 Å². The van der Waals surface area contributed by atoms with Gasteiger partial charge in [0.1, 0.15) is 5.82 Å². The molecule has 0 spiro atoms. The Kier molecular flexibility index (Phi) is 7.29. The summed E-state index contributed by atoms with van der Waals surface area (Å²) < 4.78 is 15.0. The first-order valence-corrected chi connectivity index (χ1v) is 11.8. The zero-order chi connectivity index (χ0) is 24.9. The second kappa shape index (κ2) is 10.5. The third-order valence-corrected chi connectivity index (χ3v) is 6.33. The number of nitrogens with two attached hydrogens (primary N) is 1. The third-order valence-electron chi connectivity index (χ3n) is 6.33. The number of ketones is 1. The zero-order valence-electron chi connectivity index (χ0n) is 19.7. The fourth-order valence-electron chi connectivity index (χ4n) is 4.50. The van der Waals surface area contributed by atoms with Crippen LogP contribution < -0.4 is 16.0 Å². The van der Waals surface area contributed by atoms with Gasteiger partial charge in [-0.1, -0.05) is 12.1 Å². The van der Waals surface area contributed by atoms with E-state index in [2.05, 4.69) is 15.2 Å². The minimum atomic E-state index is -0.548. The van der Waals surface area contributed by atoms with Crippen LogP contribution in [-0.2, 0) is 4.79 Å². The molecule has 1 aromatic heterocycles. The number of anilines is 1. The summed E-state index contributed by atoms with van der Waals surface area (Å²) in [6.07, 6.45) is 4.91. The molecule has 0 aliphatic carbocycles. The summed E-state index contributed by atoms with van der Waals surface area (Å²) in [4.78, 5) is 42.7. The maximum atomic E-state index is 15.0. The minimum Gasteiger partial charge on any atom is -0.372 e. The molecular formula is C27H29FN4O3. The lowest BCUT2D eigenvalue weighted by Crippen LogP contribution is -2.29. The second-order valence-corrected chi connectivity index (χ2v) is 8.78. The average Bonchev–Trinajstić information content (AvgIpc) is 3.28. The number of H-pyrrole nitrogens is 1. The SMILES string of the molecule is Cc1cccc(F)c1-c1c(C(=O)NCCC(N)=O)c[nH]c1C(=O)c1ccc(N2CCCCC2)cc1. The molecule has 4 N–H and O–H groups in total. The average molecular weight is 477 g/mol. The number of amides is 2. The lowest BCUT2D eigenvalue weighted by Gasteiger charge is -2.28. The topological polar surface area (TPSA) is 108 Å². The Morgan fingerprint density at radius 3 is 2.40 bits per heavy atom. The van der Waals surface area contributed by atoms with E-state index in [1.165, 1.54) is 18.7 Å². The molecule has 8 heteroatoms. The molecule has 2 amide bonds. The molecule has 0 radical (unpaired) electrons. The quantitative estimate of drug-likeness (QED) is 0.428. The van der Waals surface area contributed by atoms with Crippen molar-refractivity contribution < 1.29 is 18.8 Å². The van der Waals surface area contributed by atoms with Gasteiger partial charge in [-0.2, -0.15) is 0 Å². The smallest absolute Gasteiger partial charge is 0.253 e. The normalized spacial score (nSPS) is 13.5. The van der Waals surface area contributed by atoms with Crippen molar-refractivity contribution in [3.8, 4) is 11.1 Å². The van der Waals surface area contributed by atoms with Crippen LogP contribution >= 0.6 is 0 Å². The standard InChI is InChI=1S/C27H29FN4O3/c1-17-6-5-7-21(28)23(17)24-20(27(35)30-13-12-22(29)33)16-31-25(24)26(34)18-8-10-19(11-9-18)32-14-3-2-4-15-32/h5-11,16,31H,2-4,12-15H2,1H3,(H2,29,33)(H,30,35). The first-order chi connectivity index (χ1) is 16.9. The van der Waals surface area contributed by atoms with Crippen LogP contribution in [0.25, 0.3) is 11.1 Å². The predicted octanol–water partition coefficient (Wildman–Crippen LogP) is 3.96. The summed E-state index contributed by atoms with van der Waals surface area (Å²) in [7, 11) is 0. The van der Waals surface area contributed by atoms with Crippen molar-refractivity contribution in [2.24, 2.45) is 5.73 Å². The highest BCUT2D eigenvalue weighted by Crippen LogP contribution is 2.34. The van der Waals surface area contributed by atoms with E-state index in [1.807, 2.05) is 12.1 Å². The highest BCUT2D eigenvalue weighted by atomic mass is 19.1. The molecule has 182 valence electrons. The fraction of sp³-hybridized carbons (Fsp3) is 0.296. The van der Waals surface area contributed by atoms with Crippen LogP contribution in [0, 0.1) is 12.7 Å². The molecule has 1 saturated heterocycles. The fourth-order valence-corrected chi connectivity index (χ4v) is 4.50. The Bertz CT molecular complexity index is 1220. The first-order valence-electron chi connectivity index (χ1n) is 11.8. The van der Waals surface area contributed by atoms with Crippen LogP contribution in [0.4, 0.5) is 10.1 Å². The van der Waals surface area contributed by atoms with E-state index in [-0.39, 0.29) is 41.1 Å². The molecule has 35 heavy (non-hydrogen) atoms. The maximum absolute atomic E-state index is 15.0. The number of aromatic nitrogens is 1. The summed E-state index contributed by atoms with van der Waals surface area (Å²) in [5.74, 6) is -1.96. The number of halogens is 1. The van der Waals surface area contributed by atoms with Gasteiger partial charge in [-0.05, 0) is 62.1 Å².